The number of hydrogen-bond acceptors (Lipinski definition) is 9. The third-order valence-corrected chi connectivity index (χ3v) is 7.09. The van der Waals surface area contributed by atoms with Crippen LogP contribution < -0.4 is 10.6 Å². The fourth-order valence-electron chi connectivity index (χ4n) is 4.02. The lowest BCUT2D eigenvalue weighted by Crippen LogP contribution is -2.22. The normalized spacial score (nSPS) is 11.8. The van der Waals surface area contributed by atoms with Gasteiger partial charge in [0.15, 0.2) is 0 Å². The summed E-state index contributed by atoms with van der Waals surface area (Å²) in [6.07, 6.45) is 3.38. The number of aliphatic hydroxyl groups excluding tert-OH is 1. The Morgan fingerprint density at radius 2 is 1.76 bits per heavy atom. The highest BCUT2D eigenvalue weighted by atomic mass is 32.1. The molecule has 0 fully saturated rings. The Kier molecular flexibility index (Phi) is 14.3. The summed E-state index contributed by atoms with van der Waals surface area (Å²) in [6, 6.07) is 16.1. The van der Waals surface area contributed by atoms with Crippen LogP contribution in [0.2, 0.25) is 0 Å². The molecule has 1 heterocycles. The summed E-state index contributed by atoms with van der Waals surface area (Å²) in [7, 11) is 0. The van der Waals surface area contributed by atoms with Crippen molar-refractivity contribution in [2.45, 2.75) is 51.9 Å². The largest absolute Gasteiger partial charge is 0.508 e. The second kappa shape index (κ2) is 18.2. The number of thiophene rings is 1. The quantitative estimate of drug-likeness (QED) is 0.112. The molecule has 41 heavy (non-hydrogen) atoms. The van der Waals surface area contributed by atoms with Gasteiger partial charge in [0.2, 0.25) is 0 Å². The zero-order valence-corrected chi connectivity index (χ0v) is 24.3. The van der Waals surface area contributed by atoms with E-state index in [1.54, 1.807) is 18.2 Å². The van der Waals surface area contributed by atoms with E-state index in [1.807, 2.05) is 35.7 Å². The molecule has 3 rings (SSSR count). The molecule has 1 amide bonds. The molecule has 4 N–H and O–H groups in total. The van der Waals surface area contributed by atoms with Gasteiger partial charge in [0.1, 0.15) is 12.4 Å². The summed E-state index contributed by atoms with van der Waals surface area (Å²) >= 11 is 1.41. The molecule has 1 aromatic heterocycles. The molecule has 0 saturated heterocycles. The van der Waals surface area contributed by atoms with Crippen molar-refractivity contribution < 1.29 is 34.0 Å². The fraction of sp³-hybridized carbons (Fsp3) is 0.419. The third-order valence-electron chi connectivity index (χ3n) is 6.22. The van der Waals surface area contributed by atoms with Gasteiger partial charge >= 0.3 is 5.97 Å². The molecule has 0 aliphatic rings. The summed E-state index contributed by atoms with van der Waals surface area (Å²) in [5, 5.41) is 28.4. The number of phenols is 1. The molecule has 0 spiro atoms. The smallest absolute Gasteiger partial charge is 0.302 e. The summed E-state index contributed by atoms with van der Waals surface area (Å²) < 4.78 is 16.3. The van der Waals surface area contributed by atoms with Crippen LogP contribution in [0.4, 0.5) is 5.69 Å². The van der Waals surface area contributed by atoms with Gasteiger partial charge in [0.25, 0.3) is 5.91 Å². The van der Waals surface area contributed by atoms with Crippen LogP contribution in [0.25, 0.3) is 0 Å². The van der Waals surface area contributed by atoms with Gasteiger partial charge in [0.05, 0.1) is 30.8 Å². The number of benzene rings is 2. The number of anilines is 1. The van der Waals surface area contributed by atoms with Crippen LogP contribution in [-0.4, -0.2) is 55.0 Å². The van der Waals surface area contributed by atoms with E-state index in [0.29, 0.717) is 49.0 Å². The van der Waals surface area contributed by atoms with E-state index in [0.717, 1.165) is 43.5 Å². The molecule has 0 radical (unpaired) electrons. The molecule has 0 bridgehead atoms. The Morgan fingerprint density at radius 3 is 2.56 bits per heavy atom. The Balaban J connectivity index is 1.16. The number of unbranched alkanes of at least 4 members (excludes halogenated alkanes) is 3. The van der Waals surface area contributed by atoms with Gasteiger partial charge in [-0.3, -0.25) is 9.59 Å². The van der Waals surface area contributed by atoms with Crippen LogP contribution in [0.5, 0.6) is 5.75 Å². The number of phenolic OH excluding ortho intramolecular Hbond substituents is 1. The summed E-state index contributed by atoms with van der Waals surface area (Å²) in [5.74, 6) is -0.503. The maximum atomic E-state index is 12.2. The standard InChI is InChI=1S/C31H40N2O7S/c1-23(34)40-22-26-19-25(11-12-28(26)35)29(36)20-32-13-4-2-3-5-14-38-15-16-39-21-24-8-6-9-27(18-24)33-31(37)30-10-7-17-41-30/h6-12,17-19,29,32,35-36H,2-5,13-16,20-22H2,1H3,(H,33,37)/t29-/m0/s1. The molecular weight excluding hydrogens is 544 g/mol. The lowest BCUT2D eigenvalue weighted by molar-refractivity contribution is -0.142. The second-order valence-corrected chi connectivity index (χ2v) is 10.5. The number of ether oxygens (including phenoxy) is 3. The number of rotatable bonds is 19. The Hall–Kier alpha value is -3.28. The molecule has 0 aliphatic carbocycles. The minimum Gasteiger partial charge on any atom is -0.508 e. The number of nitrogens with one attached hydrogen (secondary N) is 2. The number of hydrogen-bond donors (Lipinski definition) is 4. The zero-order valence-electron chi connectivity index (χ0n) is 23.5. The highest BCUT2D eigenvalue weighted by molar-refractivity contribution is 7.12. The monoisotopic (exact) mass is 584 g/mol. The number of amides is 1. The van der Waals surface area contributed by atoms with Crippen LogP contribution in [-0.2, 0) is 32.2 Å². The maximum Gasteiger partial charge on any atom is 0.302 e. The minimum atomic E-state index is -0.719. The first-order valence-corrected chi connectivity index (χ1v) is 14.7. The van der Waals surface area contributed by atoms with E-state index in [2.05, 4.69) is 10.6 Å². The van der Waals surface area contributed by atoms with E-state index in [1.165, 1.54) is 24.3 Å². The maximum absolute atomic E-state index is 12.2. The van der Waals surface area contributed by atoms with Crippen LogP contribution in [0, 0.1) is 0 Å². The molecule has 2 aromatic carbocycles. The van der Waals surface area contributed by atoms with Gasteiger partial charge in [-0.15, -0.1) is 11.3 Å². The molecular formula is C31H40N2O7S. The van der Waals surface area contributed by atoms with Crippen molar-refractivity contribution in [1.29, 1.82) is 0 Å². The Labute approximate surface area is 245 Å². The SMILES string of the molecule is CC(=O)OCc1cc([C@@H](O)CNCCCCCCOCCOCc2cccc(NC(=O)c3cccs3)c2)ccc1O. The molecule has 10 heteroatoms. The molecule has 222 valence electrons. The van der Waals surface area contributed by atoms with E-state index < -0.39 is 12.1 Å². The van der Waals surface area contributed by atoms with E-state index in [-0.39, 0.29) is 18.3 Å². The molecule has 9 nitrogen and oxygen atoms in total. The van der Waals surface area contributed by atoms with Crippen LogP contribution in [0.1, 0.15) is 65.1 Å². The van der Waals surface area contributed by atoms with Crippen LogP contribution in [0.15, 0.2) is 60.0 Å². The number of carbonyl (C=O) groups is 2. The van der Waals surface area contributed by atoms with Gasteiger partial charge < -0.3 is 35.1 Å². The number of aliphatic hydroxyl groups is 1. The lowest BCUT2D eigenvalue weighted by atomic mass is 10.1. The van der Waals surface area contributed by atoms with Crippen molar-refractivity contribution in [2.75, 3.05) is 38.2 Å². The predicted molar refractivity (Wildman–Crippen MR) is 159 cm³/mol. The highest BCUT2D eigenvalue weighted by Gasteiger charge is 2.11. The molecule has 1 atom stereocenters. The summed E-state index contributed by atoms with van der Waals surface area (Å²) in [5.41, 5.74) is 2.86. The number of carbonyl (C=O) groups excluding carboxylic acids is 2. The number of aromatic hydroxyl groups is 1. The fourth-order valence-corrected chi connectivity index (χ4v) is 4.64. The predicted octanol–water partition coefficient (Wildman–Crippen LogP) is 5.19. The average Bonchev–Trinajstić information content (AvgIpc) is 3.50. The van der Waals surface area contributed by atoms with Crippen molar-refractivity contribution in [2.24, 2.45) is 0 Å². The first-order valence-electron chi connectivity index (χ1n) is 13.9. The lowest BCUT2D eigenvalue weighted by Gasteiger charge is -2.14. The van der Waals surface area contributed by atoms with E-state index in [4.69, 9.17) is 14.2 Å². The molecule has 0 aliphatic heterocycles. The van der Waals surface area contributed by atoms with E-state index >= 15 is 0 Å². The van der Waals surface area contributed by atoms with Gasteiger partial charge in [0, 0.05) is 31.3 Å². The van der Waals surface area contributed by atoms with Gasteiger partial charge in [-0.25, -0.2) is 0 Å². The summed E-state index contributed by atoms with van der Waals surface area (Å²) in [4.78, 5) is 23.9. The highest BCUT2D eigenvalue weighted by Crippen LogP contribution is 2.23. The average molecular weight is 585 g/mol. The van der Waals surface area contributed by atoms with Crippen molar-refractivity contribution in [3.05, 3.63) is 81.5 Å². The van der Waals surface area contributed by atoms with Gasteiger partial charge in [-0.1, -0.05) is 37.1 Å². The topological polar surface area (TPSA) is 126 Å². The molecule has 3 aromatic rings. The number of esters is 1. The van der Waals surface area contributed by atoms with Crippen molar-refractivity contribution in [3.8, 4) is 5.75 Å². The van der Waals surface area contributed by atoms with Crippen LogP contribution in [0.3, 0.4) is 0 Å². The first-order chi connectivity index (χ1) is 19.9. The van der Waals surface area contributed by atoms with Crippen molar-refractivity contribution >= 4 is 28.9 Å². The second-order valence-electron chi connectivity index (χ2n) is 9.60. The molecule has 0 saturated carbocycles. The first kappa shape index (κ1) is 32.2. The van der Waals surface area contributed by atoms with Crippen molar-refractivity contribution in [3.63, 3.8) is 0 Å². The Morgan fingerprint density at radius 1 is 0.927 bits per heavy atom. The van der Waals surface area contributed by atoms with Gasteiger partial charge in [-0.05, 0) is 66.2 Å². The van der Waals surface area contributed by atoms with Gasteiger partial charge in [-0.2, -0.15) is 0 Å². The Bertz CT molecular complexity index is 1200. The van der Waals surface area contributed by atoms with Crippen molar-refractivity contribution in [1.82, 2.24) is 5.32 Å². The minimum absolute atomic E-state index is 0.0286. The zero-order chi connectivity index (χ0) is 29.3. The van der Waals surface area contributed by atoms with Crippen LogP contribution >= 0.6 is 11.3 Å². The third kappa shape index (κ3) is 12.4. The summed E-state index contributed by atoms with van der Waals surface area (Å²) in [6.45, 7) is 4.66. The van der Waals surface area contributed by atoms with E-state index in [9.17, 15) is 19.8 Å². The molecule has 0 unspecified atom stereocenters.